The molecule has 0 aliphatic carbocycles. The lowest BCUT2D eigenvalue weighted by molar-refractivity contribution is 0.0351. The van der Waals surface area contributed by atoms with E-state index >= 15 is 0 Å². The van der Waals surface area contributed by atoms with Crippen LogP contribution in [0.25, 0.3) is 0 Å². The van der Waals surface area contributed by atoms with Crippen molar-refractivity contribution in [1.82, 2.24) is 0 Å². The molecule has 1 heterocycles. The van der Waals surface area contributed by atoms with Crippen LogP contribution in [0.3, 0.4) is 0 Å². The van der Waals surface area contributed by atoms with Crippen LogP contribution < -0.4 is 10.6 Å². The molecular formula is C12H17IN2O. The molecule has 2 rings (SSSR count). The highest BCUT2D eigenvalue weighted by atomic mass is 127. The van der Waals surface area contributed by atoms with Crippen LogP contribution >= 0.6 is 22.6 Å². The SMILES string of the molecule is CC1(O)CCN(c2ccc(N)cc2I)CC1. The highest BCUT2D eigenvalue weighted by Gasteiger charge is 2.27. The largest absolute Gasteiger partial charge is 0.399 e. The number of nitrogens with two attached hydrogens (primary N) is 1. The molecule has 1 aliphatic heterocycles. The zero-order valence-electron chi connectivity index (χ0n) is 9.41. The van der Waals surface area contributed by atoms with Gasteiger partial charge in [0.15, 0.2) is 0 Å². The Morgan fingerprint density at radius 1 is 1.38 bits per heavy atom. The molecule has 1 aromatic rings. The van der Waals surface area contributed by atoms with E-state index in [2.05, 4.69) is 33.6 Å². The highest BCUT2D eigenvalue weighted by molar-refractivity contribution is 14.1. The van der Waals surface area contributed by atoms with Gasteiger partial charge in [-0.3, -0.25) is 0 Å². The van der Waals surface area contributed by atoms with Crippen LogP contribution in [-0.4, -0.2) is 23.8 Å². The Morgan fingerprint density at radius 2 is 2.00 bits per heavy atom. The third-order valence-electron chi connectivity index (χ3n) is 3.15. The molecule has 3 N–H and O–H groups in total. The van der Waals surface area contributed by atoms with E-state index in [1.807, 2.05) is 19.1 Å². The van der Waals surface area contributed by atoms with E-state index < -0.39 is 5.60 Å². The van der Waals surface area contributed by atoms with Gasteiger partial charge in [-0.25, -0.2) is 0 Å². The molecule has 0 radical (unpaired) electrons. The molecule has 88 valence electrons. The molecule has 1 fully saturated rings. The van der Waals surface area contributed by atoms with E-state index in [-0.39, 0.29) is 0 Å². The fraction of sp³-hybridized carbons (Fsp3) is 0.500. The zero-order chi connectivity index (χ0) is 11.8. The van der Waals surface area contributed by atoms with Gasteiger partial charge < -0.3 is 15.7 Å². The average Bonchev–Trinajstić information content (AvgIpc) is 2.19. The Hall–Kier alpha value is -0.490. The molecule has 0 amide bonds. The van der Waals surface area contributed by atoms with E-state index in [1.54, 1.807) is 0 Å². The maximum absolute atomic E-state index is 9.90. The average molecular weight is 332 g/mol. The summed E-state index contributed by atoms with van der Waals surface area (Å²) in [5.74, 6) is 0. The van der Waals surface area contributed by atoms with Crippen molar-refractivity contribution < 1.29 is 5.11 Å². The van der Waals surface area contributed by atoms with Gasteiger partial charge in [0.2, 0.25) is 0 Å². The number of hydrogen-bond donors (Lipinski definition) is 2. The number of hydrogen-bond acceptors (Lipinski definition) is 3. The summed E-state index contributed by atoms with van der Waals surface area (Å²) in [6.45, 7) is 3.73. The molecule has 0 atom stereocenters. The van der Waals surface area contributed by atoms with E-state index in [9.17, 15) is 5.11 Å². The molecule has 1 saturated heterocycles. The molecule has 1 aliphatic rings. The van der Waals surface area contributed by atoms with E-state index in [4.69, 9.17) is 5.73 Å². The van der Waals surface area contributed by atoms with Gasteiger partial charge in [0, 0.05) is 22.3 Å². The maximum Gasteiger partial charge on any atom is 0.0653 e. The lowest BCUT2D eigenvalue weighted by Gasteiger charge is -2.37. The number of nitrogen functional groups attached to an aromatic ring is 1. The van der Waals surface area contributed by atoms with Crippen LogP contribution in [0.1, 0.15) is 19.8 Å². The van der Waals surface area contributed by atoms with E-state index in [1.165, 1.54) is 9.26 Å². The molecule has 1 aromatic carbocycles. The standard InChI is InChI=1S/C12H17IN2O/c1-12(16)4-6-15(7-5-12)11-3-2-9(14)8-10(11)13/h2-3,8,16H,4-7,14H2,1H3. The van der Waals surface area contributed by atoms with Crippen molar-refractivity contribution in [2.24, 2.45) is 0 Å². The van der Waals surface area contributed by atoms with Crippen LogP contribution in [0.15, 0.2) is 18.2 Å². The topological polar surface area (TPSA) is 49.5 Å². The van der Waals surface area contributed by atoms with E-state index in [0.717, 1.165) is 31.6 Å². The summed E-state index contributed by atoms with van der Waals surface area (Å²) in [7, 11) is 0. The zero-order valence-corrected chi connectivity index (χ0v) is 11.6. The minimum Gasteiger partial charge on any atom is -0.399 e. The van der Waals surface area contributed by atoms with E-state index in [0.29, 0.717) is 0 Å². The van der Waals surface area contributed by atoms with Gasteiger partial charge in [-0.2, -0.15) is 0 Å². The van der Waals surface area contributed by atoms with Crippen LogP contribution in [0.4, 0.5) is 11.4 Å². The second kappa shape index (κ2) is 4.41. The summed E-state index contributed by atoms with van der Waals surface area (Å²) < 4.78 is 1.18. The Kier molecular flexibility index (Phi) is 3.30. The van der Waals surface area contributed by atoms with Gasteiger partial charge in [0.25, 0.3) is 0 Å². The number of nitrogens with zero attached hydrogens (tertiary/aromatic N) is 1. The van der Waals surface area contributed by atoms with Crippen molar-refractivity contribution in [3.05, 3.63) is 21.8 Å². The second-order valence-electron chi connectivity index (χ2n) is 4.69. The number of anilines is 2. The van der Waals surface area contributed by atoms with Crippen LogP contribution in [0.5, 0.6) is 0 Å². The molecule has 0 unspecified atom stereocenters. The smallest absolute Gasteiger partial charge is 0.0653 e. The quantitative estimate of drug-likeness (QED) is 0.612. The normalized spacial score (nSPS) is 19.8. The van der Waals surface area contributed by atoms with Gasteiger partial charge in [-0.05, 0) is 60.6 Å². The van der Waals surface area contributed by atoms with Gasteiger partial charge in [0.1, 0.15) is 0 Å². The van der Waals surface area contributed by atoms with Crippen molar-refractivity contribution in [3.63, 3.8) is 0 Å². The molecule has 0 saturated carbocycles. The molecule has 3 nitrogen and oxygen atoms in total. The third kappa shape index (κ3) is 2.60. The summed E-state index contributed by atoms with van der Waals surface area (Å²) in [4.78, 5) is 2.32. The van der Waals surface area contributed by atoms with Gasteiger partial charge in [-0.1, -0.05) is 0 Å². The molecule has 4 heteroatoms. The predicted octanol–water partition coefficient (Wildman–Crippen LogP) is 2.22. The third-order valence-corrected chi connectivity index (χ3v) is 4.02. The Bertz CT molecular complexity index is 383. The summed E-state index contributed by atoms with van der Waals surface area (Å²) in [5, 5.41) is 9.90. The van der Waals surface area contributed by atoms with Crippen LogP contribution in [0.2, 0.25) is 0 Å². The summed E-state index contributed by atoms with van der Waals surface area (Å²) in [6, 6.07) is 5.99. The summed E-state index contributed by atoms with van der Waals surface area (Å²) >= 11 is 2.31. The number of benzene rings is 1. The van der Waals surface area contributed by atoms with Crippen molar-refractivity contribution >= 4 is 34.0 Å². The number of halogens is 1. The van der Waals surface area contributed by atoms with Gasteiger partial charge >= 0.3 is 0 Å². The predicted molar refractivity (Wildman–Crippen MR) is 75.6 cm³/mol. The minimum atomic E-state index is -0.490. The lowest BCUT2D eigenvalue weighted by atomic mass is 9.93. The number of rotatable bonds is 1. The first kappa shape index (κ1) is 12.0. The fourth-order valence-electron chi connectivity index (χ4n) is 2.01. The molecule has 0 bridgehead atoms. The molecular weight excluding hydrogens is 315 g/mol. The monoisotopic (exact) mass is 332 g/mol. The van der Waals surface area contributed by atoms with Crippen molar-refractivity contribution in [2.75, 3.05) is 23.7 Å². The Labute approximate surface area is 110 Å². The van der Waals surface area contributed by atoms with Crippen molar-refractivity contribution in [1.29, 1.82) is 0 Å². The number of piperidine rings is 1. The first-order valence-corrected chi connectivity index (χ1v) is 6.58. The van der Waals surface area contributed by atoms with Gasteiger partial charge in [-0.15, -0.1) is 0 Å². The fourth-order valence-corrected chi connectivity index (χ4v) is 2.89. The van der Waals surface area contributed by atoms with Crippen LogP contribution in [-0.2, 0) is 0 Å². The first-order valence-electron chi connectivity index (χ1n) is 5.50. The van der Waals surface area contributed by atoms with Gasteiger partial charge in [0.05, 0.1) is 11.3 Å². The minimum absolute atomic E-state index is 0.490. The number of aliphatic hydroxyl groups is 1. The Balaban J connectivity index is 2.14. The second-order valence-corrected chi connectivity index (χ2v) is 5.86. The highest BCUT2D eigenvalue weighted by Crippen LogP contribution is 2.30. The summed E-state index contributed by atoms with van der Waals surface area (Å²) in [5.41, 5.74) is 7.28. The molecule has 16 heavy (non-hydrogen) atoms. The molecule has 0 aromatic heterocycles. The van der Waals surface area contributed by atoms with Crippen molar-refractivity contribution in [3.8, 4) is 0 Å². The Morgan fingerprint density at radius 3 is 2.56 bits per heavy atom. The summed E-state index contributed by atoms with van der Waals surface area (Å²) in [6.07, 6.45) is 1.65. The lowest BCUT2D eigenvalue weighted by Crippen LogP contribution is -2.42. The maximum atomic E-state index is 9.90. The first-order chi connectivity index (χ1) is 7.48. The van der Waals surface area contributed by atoms with Crippen LogP contribution in [0, 0.1) is 3.57 Å². The molecule has 0 spiro atoms. The van der Waals surface area contributed by atoms with Crippen molar-refractivity contribution in [2.45, 2.75) is 25.4 Å².